The van der Waals surface area contributed by atoms with Crippen molar-refractivity contribution in [1.29, 1.82) is 0 Å². The second kappa shape index (κ2) is 7.35. The summed E-state index contributed by atoms with van der Waals surface area (Å²) in [6, 6.07) is 8.29. The van der Waals surface area contributed by atoms with E-state index < -0.39 is 27.8 Å². The number of ether oxygens (including phenoxy) is 1. The van der Waals surface area contributed by atoms with E-state index in [-0.39, 0.29) is 51.8 Å². The van der Waals surface area contributed by atoms with E-state index in [1.54, 1.807) is 30.3 Å². The first-order valence-electron chi connectivity index (χ1n) is 9.87. The van der Waals surface area contributed by atoms with E-state index >= 15 is 0 Å². The summed E-state index contributed by atoms with van der Waals surface area (Å²) in [5, 5.41) is 10.6. The van der Waals surface area contributed by atoms with Crippen molar-refractivity contribution < 1.29 is 27.5 Å². The van der Waals surface area contributed by atoms with Crippen LogP contribution in [0.4, 0.5) is 0 Å². The number of amides is 1. The number of methoxy groups -OCH3 is 1. The lowest BCUT2D eigenvalue weighted by atomic mass is 9.97. The summed E-state index contributed by atoms with van der Waals surface area (Å²) in [5.41, 5.74) is 0.573. The molecule has 10 heteroatoms. The highest BCUT2D eigenvalue weighted by Crippen LogP contribution is 2.45. The summed E-state index contributed by atoms with van der Waals surface area (Å²) in [6.07, 6.45) is 0.267. The summed E-state index contributed by atoms with van der Waals surface area (Å²) in [6.45, 7) is 0. The molecular formula is C22H18BrNO7S. The van der Waals surface area contributed by atoms with Crippen LogP contribution in [0, 0.1) is 0 Å². The number of benzene rings is 2. The molecule has 0 radical (unpaired) electrons. The van der Waals surface area contributed by atoms with Gasteiger partial charge in [0.25, 0.3) is 5.91 Å². The van der Waals surface area contributed by atoms with Gasteiger partial charge in [0, 0.05) is 6.04 Å². The van der Waals surface area contributed by atoms with Crippen LogP contribution in [-0.4, -0.2) is 49.0 Å². The van der Waals surface area contributed by atoms with Crippen molar-refractivity contribution in [2.45, 2.75) is 18.5 Å². The van der Waals surface area contributed by atoms with Crippen LogP contribution >= 0.6 is 15.9 Å². The molecule has 32 heavy (non-hydrogen) atoms. The van der Waals surface area contributed by atoms with Crippen LogP contribution in [-0.2, 0) is 9.84 Å². The lowest BCUT2D eigenvalue weighted by Gasteiger charge is -2.30. The van der Waals surface area contributed by atoms with Crippen molar-refractivity contribution >= 4 is 42.6 Å². The summed E-state index contributed by atoms with van der Waals surface area (Å²) < 4.78 is 35.8. The molecule has 166 valence electrons. The van der Waals surface area contributed by atoms with Crippen LogP contribution in [0.5, 0.6) is 11.5 Å². The Bertz CT molecular complexity index is 1450. The number of halogens is 1. The lowest BCUT2D eigenvalue weighted by Crippen LogP contribution is -2.40. The molecular weight excluding hydrogens is 502 g/mol. The van der Waals surface area contributed by atoms with E-state index in [2.05, 4.69) is 15.9 Å². The van der Waals surface area contributed by atoms with Gasteiger partial charge in [-0.25, -0.2) is 8.42 Å². The topological polar surface area (TPSA) is 114 Å². The molecule has 0 spiro atoms. The van der Waals surface area contributed by atoms with Gasteiger partial charge in [-0.1, -0.05) is 12.1 Å². The summed E-state index contributed by atoms with van der Waals surface area (Å²) in [5.74, 6) is -0.811. The predicted molar refractivity (Wildman–Crippen MR) is 120 cm³/mol. The molecule has 0 bridgehead atoms. The van der Waals surface area contributed by atoms with Gasteiger partial charge in [0.05, 0.1) is 40.1 Å². The highest BCUT2D eigenvalue weighted by Gasteiger charge is 2.48. The lowest BCUT2D eigenvalue weighted by molar-refractivity contribution is 0.0662. The second-order valence-electron chi connectivity index (χ2n) is 7.90. The average molecular weight is 520 g/mol. The van der Waals surface area contributed by atoms with E-state index in [9.17, 15) is 23.1 Å². The van der Waals surface area contributed by atoms with Crippen LogP contribution in [0.1, 0.15) is 34.1 Å². The van der Waals surface area contributed by atoms with Crippen molar-refractivity contribution in [3.63, 3.8) is 0 Å². The Morgan fingerprint density at radius 3 is 2.66 bits per heavy atom. The van der Waals surface area contributed by atoms with Crippen LogP contribution < -0.4 is 10.2 Å². The van der Waals surface area contributed by atoms with E-state index in [1.807, 2.05) is 0 Å². The zero-order valence-electron chi connectivity index (χ0n) is 16.9. The fourth-order valence-electron chi connectivity index (χ4n) is 4.54. The first-order chi connectivity index (χ1) is 15.2. The molecule has 2 aliphatic heterocycles. The van der Waals surface area contributed by atoms with Crippen LogP contribution in [0.25, 0.3) is 11.0 Å². The second-order valence-corrected chi connectivity index (χ2v) is 11.0. The van der Waals surface area contributed by atoms with Gasteiger partial charge < -0.3 is 19.2 Å². The standard InChI is InChI=1S/C22H18BrNO7S/c1-30-16-9-11(8-14(23)20(16)26)18-17-19(25)13-4-2-3-5-15(13)31-21(17)22(27)24(18)12-6-7-32(28,29)10-12/h2-5,8-9,12,18,26H,6-7,10H2,1H3/t12-,18+/m1/s1. The number of sulfone groups is 1. The number of fused-ring (bicyclic) bond motifs is 2. The molecule has 2 aliphatic rings. The van der Waals surface area contributed by atoms with Crippen molar-refractivity contribution in [2.24, 2.45) is 0 Å². The maximum atomic E-state index is 13.5. The van der Waals surface area contributed by atoms with Gasteiger partial charge in [-0.3, -0.25) is 9.59 Å². The van der Waals surface area contributed by atoms with E-state index in [0.717, 1.165) is 0 Å². The van der Waals surface area contributed by atoms with Crippen molar-refractivity contribution in [2.75, 3.05) is 18.6 Å². The van der Waals surface area contributed by atoms with Gasteiger partial charge in [-0.2, -0.15) is 0 Å². The molecule has 0 unspecified atom stereocenters. The van der Waals surface area contributed by atoms with Crippen molar-refractivity contribution in [1.82, 2.24) is 4.90 Å². The normalized spacial score (nSPS) is 21.8. The van der Waals surface area contributed by atoms with Crippen LogP contribution in [0.3, 0.4) is 0 Å². The third kappa shape index (κ3) is 3.12. The number of hydrogen-bond donors (Lipinski definition) is 1. The average Bonchev–Trinajstić information content (AvgIpc) is 3.26. The molecule has 3 heterocycles. The van der Waals surface area contributed by atoms with Gasteiger partial charge in [0.1, 0.15) is 5.58 Å². The summed E-state index contributed by atoms with van der Waals surface area (Å²) in [7, 11) is -1.91. The zero-order valence-corrected chi connectivity index (χ0v) is 19.3. The number of phenols is 1. The number of carbonyl (C=O) groups is 1. The molecule has 0 saturated carbocycles. The number of para-hydroxylation sites is 1. The van der Waals surface area contributed by atoms with Gasteiger partial charge in [-0.15, -0.1) is 0 Å². The minimum atomic E-state index is -3.30. The zero-order chi connectivity index (χ0) is 22.8. The Kier molecular flexibility index (Phi) is 4.82. The van der Waals surface area contributed by atoms with Crippen molar-refractivity contribution in [3.8, 4) is 11.5 Å². The number of rotatable bonds is 3. The van der Waals surface area contributed by atoms with E-state index in [4.69, 9.17) is 9.15 Å². The van der Waals surface area contributed by atoms with E-state index in [1.165, 1.54) is 18.1 Å². The third-order valence-electron chi connectivity index (χ3n) is 6.00. The van der Waals surface area contributed by atoms with Gasteiger partial charge in [0.15, 0.2) is 26.8 Å². The van der Waals surface area contributed by atoms with Crippen LogP contribution in [0.2, 0.25) is 0 Å². The highest BCUT2D eigenvalue weighted by molar-refractivity contribution is 9.10. The monoisotopic (exact) mass is 519 g/mol. The number of hydrogen-bond acceptors (Lipinski definition) is 7. The quantitative estimate of drug-likeness (QED) is 0.565. The molecule has 2 aromatic carbocycles. The Hall–Kier alpha value is -2.85. The van der Waals surface area contributed by atoms with Gasteiger partial charge >= 0.3 is 0 Å². The Morgan fingerprint density at radius 2 is 1.97 bits per heavy atom. The molecule has 1 fully saturated rings. The maximum Gasteiger partial charge on any atom is 0.291 e. The van der Waals surface area contributed by atoms with Gasteiger partial charge in [-0.05, 0) is 52.2 Å². The molecule has 8 nitrogen and oxygen atoms in total. The van der Waals surface area contributed by atoms with Crippen LogP contribution in [0.15, 0.2) is 50.1 Å². The third-order valence-corrected chi connectivity index (χ3v) is 8.36. The molecule has 1 saturated heterocycles. The fraction of sp³-hybridized carbons (Fsp3) is 0.273. The number of phenolic OH excluding ortho intramolecular Hbond substituents is 1. The van der Waals surface area contributed by atoms with E-state index in [0.29, 0.717) is 15.4 Å². The minimum Gasteiger partial charge on any atom is -0.503 e. The number of aromatic hydroxyl groups is 1. The predicted octanol–water partition coefficient (Wildman–Crippen LogP) is 3.00. The summed E-state index contributed by atoms with van der Waals surface area (Å²) >= 11 is 3.29. The Morgan fingerprint density at radius 1 is 1.22 bits per heavy atom. The molecule has 1 amide bonds. The molecule has 1 aromatic heterocycles. The number of carbonyl (C=O) groups excluding carboxylic acids is 1. The molecule has 0 aliphatic carbocycles. The Balaban J connectivity index is 1.79. The smallest absolute Gasteiger partial charge is 0.291 e. The fourth-order valence-corrected chi connectivity index (χ4v) is 6.71. The number of nitrogens with zero attached hydrogens (tertiary/aromatic N) is 1. The first kappa shape index (κ1) is 21.0. The molecule has 3 aromatic rings. The molecule has 1 N–H and O–H groups in total. The minimum absolute atomic E-state index is 0.0313. The highest BCUT2D eigenvalue weighted by atomic mass is 79.9. The van der Waals surface area contributed by atoms with Crippen molar-refractivity contribution in [3.05, 3.63) is 68.0 Å². The largest absolute Gasteiger partial charge is 0.503 e. The Labute approximate surface area is 191 Å². The maximum absolute atomic E-state index is 13.5. The SMILES string of the molecule is COc1cc([C@H]2c3c(oc4ccccc4c3=O)C(=O)N2[C@@H]2CCS(=O)(=O)C2)cc(Br)c1O. The first-order valence-corrected chi connectivity index (χ1v) is 12.5. The summed E-state index contributed by atoms with van der Waals surface area (Å²) in [4.78, 5) is 28.4. The van der Waals surface area contributed by atoms with Gasteiger partial charge in [0.2, 0.25) is 5.76 Å². The molecule has 5 rings (SSSR count). The molecule has 2 atom stereocenters.